The van der Waals surface area contributed by atoms with Crippen LogP contribution in [0.25, 0.3) is 0 Å². The van der Waals surface area contributed by atoms with Crippen LogP contribution in [0, 0.1) is 6.42 Å². The first-order valence-corrected chi connectivity index (χ1v) is 2.78. The highest BCUT2D eigenvalue weighted by Gasteiger charge is 1.87. The second-order valence-corrected chi connectivity index (χ2v) is 1.64. The van der Waals surface area contributed by atoms with Crippen molar-refractivity contribution in [3.05, 3.63) is 36.5 Å². The largest absolute Gasteiger partial charge is 0.396 e. The minimum atomic E-state index is 0.0526. The molecule has 0 saturated heterocycles. The number of pyridine rings is 1. The lowest BCUT2D eigenvalue weighted by Crippen LogP contribution is -1.88. The number of aromatic nitrogens is 1. The summed E-state index contributed by atoms with van der Waals surface area (Å²) < 4.78 is 0. The van der Waals surface area contributed by atoms with Crippen molar-refractivity contribution in [2.24, 2.45) is 0 Å². The van der Waals surface area contributed by atoms with Gasteiger partial charge in [0.05, 0.1) is 6.61 Å². The Morgan fingerprint density at radius 2 is 2.44 bits per heavy atom. The molecule has 0 amide bonds. The second-order valence-electron chi connectivity index (χ2n) is 1.64. The topological polar surface area (TPSA) is 33.1 Å². The molecule has 0 atom stereocenters. The van der Waals surface area contributed by atoms with Gasteiger partial charge in [-0.25, -0.2) is 0 Å². The Bertz CT molecular complexity index is 162. The Hall–Kier alpha value is -0.890. The third kappa shape index (κ3) is 1.82. The van der Waals surface area contributed by atoms with Crippen LogP contribution in [0.3, 0.4) is 0 Å². The van der Waals surface area contributed by atoms with Crippen LogP contribution in [0.4, 0.5) is 0 Å². The highest BCUT2D eigenvalue weighted by molar-refractivity contribution is 5.12. The van der Waals surface area contributed by atoms with Gasteiger partial charge in [0, 0.05) is 18.3 Å². The summed E-state index contributed by atoms with van der Waals surface area (Å²) in [5.74, 6) is 0. The van der Waals surface area contributed by atoms with Gasteiger partial charge >= 0.3 is 0 Å². The maximum absolute atomic E-state index is 8.42. The molecule has 47 valence electrons. The Kier molecular flexibility index (Phi) is 2.22. The van der Waals surface area contributed by atoms with E-state index in [0.717, 1.165) is 5.69 Å². The second kappa shape index (κ2) is 3.20. The molecule has 0 aromatic carbocycles. The normalized spacial score (nSPS) is 9.44. The van der Waals surface area contributed by atoms with Gasteiger partial charge < -0.3 is 5.11 Å². The third-order valence-electron chi connectivity index (χ3n) is 0.988. The van der Waals surface area contributed by atoms with Gasteiger partial charge in [0.15, 0.2) is 0 Å². The molecule has 2 nitrogen and oxygen atoms in total. The first-order chi connectivity index (χ1) is 4.43. The molecule has 0 aliphatic rings. The van der Waals surface area contributed by atoms with Crippen LogP contribution in [-0.4, -0.2) is 16.7 Å². The van der Waals surface area contributed by atoms with Crippen molar-refractivity contribution in [3.8, 4) is 0 Å². The molecule has 0 unspecified atom stereocenters. The lowest BCUT2D eigenvalue weighted by molar-refractivity contribution is 0.330. The monoisotopic (exact) mass is 122 g/mol. The molecular weight excluding hydrogens is 114 g/mol. The van der Waals surface area contributed by atoms with E-state index in [0.29, 0.717) is 0 Å². The summed E-state index contributed by atoms with van der Waals surface area (Å²) in [6.45, 7) is 0.0526. The average molecular weight is 122 g/mol. The van der Waals surface area contributed by atoms with E-state index in [1.165, 1.54) is 0 Å². The number of hydrogen-bond donors (Lipinski definition) is 1. The summed E-state index contributed by atoms with van der Waals surface area (Å²) in [6, 6.07) is 5.57. The molecule has 1 aromatic heterocycles. The highest BCUT2D eigenvalue weighted by atomic mass is 16.3. The van der Waals surface area contributed by atoms with Crippen molar-refractivity contribution in [2.75, 3.05) is 6.61 Å². The molecule has 9 heavy (non-hydrogen) atoms. The van der Waals surface area contributed by atoms with Gasteiger partial charge in [-0.15, -0.1) is 0 Å². The SMILES string of the molecule is OC[CH]c1ccccn1. The summed E-state index contributed by atoms with van der Waals surface area (Å²) in [5.41, 5.74) is 0.819. The predicted octanol–water partition coefficient (Wildman–Crippen LogP) is 0.626. The van der Waals surface area contributed by atoms with E-state index in [1.54, 1.807) is 12.6 Å². The van der Waals surface area contributed by atoms with Crippen molar-refractivity contribution < 1.29 is 5.11 Å². The molecule has 0 bridgehead atoms. The lowest BCUT2D eigenvalue weighted by atomic mass is 10.3. The van der Waals surface area contributed by atoms with Crippen LogP contribution >= 0.6 is 0 Å². The molecule has 0 spiro atoms. The predicted molar refractivity (Wildman–Crippen MR) is 34.7 cm³/mol. The van der Waals surface area contributed by atoms with Crippen LogP contribution in [-0.2, 0) is 0 Å². The van der Waals surface area contributed by atoms with Gasteiger partial charge in [-0.1, -0.05) is 6.07 Å². The van der Waals surface area contributed by atoms with E-state index in [1.807, 2.05) is 18.2 Å². The van der Waals surface area contributed by atoms with Crippen LogP contribution in [0.15, 0.2) is 24.4 Å². The van der Waals surface area contributed by atoms with E-state index in [4.69, 9.17) is 5.11 Å². The fraction of sp³-hybridized carbons (Fsp3) is 0.143. The van der Waals surface area contributed by atoms with Crippen molar-refractivity contribution >= 4 is 0 Å². The Morgan fingerprint density at radius 3 is 3.00 bits per heavy atom. The molecule has 0 saturated carbocycles. The van der Waals surface area contributed by atoms with E-state index in [-0.39, 0.29) is 6.61 Å². The quantitative estimate of drug-likeness (QED) is 0.624. The standard InChI is InChI=1S/C7H8NO/c9-6-4-7-3-1-2-5-8-7/h1-5,9H,6H2. The molecule has 1 aromatic rings. The Labute approximate surface area is 54.2 Å². The fourth-order valence-electron chi connectivity index (χ4n) is 0.590. The number of rotatable bonds is 2. The van der Waals surface area contributed by atoms with Crippen molar-refractivity contribution in [1.29, 1.82) is 0 Å². The minimum Gasteiger partial charge on any atom is -0.396 e. The summed E-state index contributed by atoms with van der Waals surface area (Å²) in [4.78, 5) is 3.95. The van der Waals surface area contributed by atoms with E-state index in [2.05, 4.69) is 4.98 Å². The summed E-state index contributed by atoms with van der Waals surface area (Å²) in [5, 5.41) is 8.42. The molecule has 1 rings (SSSR count). The summed E-state index contributed by atoms with van der Waals surface area (Å²) >= 11 is 0. The molecule has 2 heteroatoms. The first kappa shape index (κ1) is 6.23. The lowest BCUT2D eigenvalue weighted by Gasteiger charge is -1.91. The van der Waals surface area contributed by atoms with Gasteiger partial charge in [0.25, 0.3) is 0 Å². The maximum Gasteiger partial charge on any atom is 0.0522 e. The minimum absolute atomic E-state index is 0.0526. The molecule has 0 aliphatic heterocycles. The Morgan fingerprint density at radius 1 is 1.56 bits per heavy atom. The van der Waals surface area contributed by atoms with E-state index in [9.17, 15) is 0 Å². The van der Waals surface area contributed by atoms with Gasteiger partial charge in [-0.3, -0.25) is 4.98 Å². The van der Waals surface area contributed by atoms with Crippen LogP contribution < -0.4 is 0 Å². The van der Waals surface area contributed by atoms with Crippen molar-refractivity contribution in [2.45, 2.75) is 0 Å². The van der Waals surface area contributed by atoms with Gasteiger partial charge in [0.2, 0.25) is 0 Å². The zero-order chi connectivity index (χ0) is 6.53. The molecule has 0 aliphatic carbocycles. The van der Waals surface area contributed by atoms with Crippen LogP contribution in [0.5, 0.6) is 0 Å². The van der Waals surface area contributed by atoms with Gasteiger partial charge in [-0.05, 0) is 12.1 Å². The Balaban J connectivity index is 2.61. The van der Waals surface area contributed by atoms with Crippen molar-refractivity contribution in [3.63, 3.8) is 0 Å². The number of hydrogen-bond acceptors (Lipinski definition) is 2. The fourth-order valence-corrected chi connectivity index (χ4v) is 0.590. The van der Waals surface area contributed by atoms with E-state index < -0.39 is 0 Å². The summed E-state index contributed by atoms with van der Waals surface area (Å²) in [6.07, 6.45) is 3.35. The molecule has 1 heterocycles. The van der Waals surface area contributed by atoms with E-state index >= 15 is 0 Å². The number of nitrogens with zero attached hydrogens (tertiary/aromatic N) is 1. The maximum atomic E-state index is 8.42. The molecule has 0 fully saturated rings. The summed E-state index contributed by atoms with van der Waals surface area (Å²) in [7, 11) is 0. The third-order valence-corrected chi connectivity index (χ3v) is 0.988. The average Bonchev–Trinajstić information content (AvgIpc) is 1.91. The smallest absolute Gasteiger partial charge is 0.0522 e. The number of aliphatic hydroxyl groups excluding tert-OH is 1. The van der Waals surface area contributed by atoms with Crippen LogP contribution in [0.1, 0.15) is 5.69 Å². The number of aliphatic hydroxyl groups is 1. The van der Waals surface area contributed by atoms with Crippen LogP contribution in [0.2, 0.25) is 0 Å². The first-order valence-electron chi connectivity index (χ1n) is 2.78. The van der Waals surface area contributed by atoms with Crippen molar-refractivity contribution in [1.82, 2.24) is 4.98 Å². The highest BCUT2D eigenvalue weighted by Crippen LogP contribution is 1.94. The zero-order valence-electron chi connectivity index (χ0n) is 4.99. The zero-order valence-corrected chi connectivity index (χ0v) is 4.99. The van der Waals surface area contributed by atoms with Gasteiger partial charge in [-0.2, -0.15) is 0 Å². The molecule has 1 radical (unpaired) electrons. The molecular formula is C7H8NO. The van der Waals surface area contributed by atoms with Gasteiger partial charge in [0.1, 0.15) is 0 Å². The molecule has 1 N–H and O–H groups in total.